The average molecular weight is 265 g/mol. The van der Waals surface area contributed by atoms with E-state index in [1.807, 2.05) is 0 Å². The molecule has 1 aromatic carbocycles. The topological polar surface area (TPSA) is 72.6 Å². The van der Waals surface area contributed by atoms with Crippen molar-refractivity contribution in [1.29, 1.82) is 0 Å². The number of rotatable bonds is 4. The van der Waals surface area contributed by atoms with Crippen molar-refractivity contribution in [2.75, 3.05) is 6.61 Å². The number of phenolic OH excluding ortho intramolecular Hbond substituents is 1. The summed E-state index contributed by atoms with van der Waals surface area (Å²) in [4.78, 5) is 16.1. The maximum atomic E-state index is 11.4. The van der Waals surface area contributed by atoms with Gasteiger partial charge < -0.3 is 14.3 Å². The molecule has 0 unspecified atom stereocenters. The predicted molar refractivity (Wildman–Crippen MR) is 64.7 cm³/mol. The highest BCUT2D eigenvalue weighted by atomic mass is 32.2. The Hall–Kier alpha value is -1.95. The van der Waals surface area contributed by atoms with Crippen LogP contribution >= 0.6 is 11.8 Å². The van der Waals surface area contributed by atoms with Crippen LogP contribution in [0.3, 0.4) is 0 Å². The van der Waals surface area contributed by atoms with E-state index in [0.717, 1.165) is 4.90 Å². The first-order chi connectivity index (χ1) is 8.69. The molecule has 0 saturated carbocycles. The second kappa shape index (κ2) is 5.59. The summed E-state index contributed by atoms with van der Waals surface area (Å²) in [7, 11) is 0. The summed E-state index contributed by atoms with van der Waals surface area (Å²) in [6, 6.07) is 6.67. The summed E-state index contributed by atoms with van der Waals surface area (Å²) >= 11 is 1.21. The van der Waals surface area contributed by atoms with Gasteiger partial charge in [0.2, 0.25) is 0 Å². The molecule has 5 nitrogen and oxygen atoms in total. The molecule has 94 valence electrons. The van der Waals surface area contributed by atoms with E-state index in [2.05, 4.69) is 4.98 Å². The van der Waals surface area contributed by atoms with Crippen molar-refractivity contribution >= 4 is 17.7 Å². The summed E-state index contributed by atoms with van der Waals surface area (Å²) in [6.07, 6.45) is 1.25. The number of benzene rings is 1. The number of carbonyl (C=O) groups excluding carboxylic acids is 1. The summed E-state index contributed by atoms with van der Waals surface area (Å²) < 4.78 is 9.95. The number of carbonyl (C=O) groups is 1. The third kappa shape index (κ3) is 3.04. The minimum Gasteiger partial charge on any atom is -0.508 e. The number of oxazole rings is 1. The molecule has 0 aliphatic carbocycles. The van der Waals surface area contributed by atoms with E-state index in [1.165, 1.54) is 18.0 Å². The van der Waals surface area contributed by atoms with Crippen LogP contribution in [0.25, 0.3) is 0 Å². The van der Waals surface area contributed by atoms with Crippen LogP contribution in [-0.2, 0) is 4.74 Å². The van der Waals surface area contributed by atoms with Gasteiger partial charge in [0.15, 0.2) is 5.69 Å². The third-order valence-corrected chi connectivity index (χ3v) is 2.84. The first-order valence-electron chi connectivity index (χ1n) is 5.28. The molecule has 2 aromatic rings. The van der Waals surface area contributed by atoms with E-state index < -0.39 is 5.97 Å². The molecule has 0 spiro atoms. The molecule has 1 aromatic heterocycles. The van der Waals surface area contributed by atoms with Gasteiger partial charge in [-0.2, -0.15) is 4.98 Å². The summed E-state index contributed by atoms with van der Waals surface area (Å²) in [5.41, 5.74) is 0.138. The third-order valence-electron chi connectivity index (χ3n) is 1.99. The van der Waals surface area contributed by atoms with Gasteiger partial charge in [0, 0.05) is 4.90 Å². The Labute approximate surface area is 108 Å². The van der Waals surface area contributed by atoms with Gasteiger partial charge >= 0.3 is 5.97 Å². The fraction of sp³-hybridized carbons (Fsp3) is 0.167. The molecule has 0 atom stereocenters. The van der Waals surface area contributed by atoms with Gasteiger partial charge in [-0.15, -0.1) is 0 Å². The Morgan fingerprint density at radius 2 is 2.39 bits per heavy atom. The van der Waals surface area contributed by atoms with Crippen molar-refractivity contribution < 1.29 is 19.1 Å². The van der Waals surface area contributed by atoms with E-state index >= 15 is 0 Å². The molecule has 1 N–H and O–H groups in total. The van der Waals surface area contributed by atoms with Crippen molar-refractivity contribution in [3.05, 3.63) is 36.2 Å². The Morgan fingerprint density at radius 3 is 3.11 bits per heavy atom. The van der Waals surface area contributed by atoms with Gasteiger partial charge in [-0.3, -0.25) is 0 Å². The number of ether oxygens (including phenoxy) is 1. The van der Waals surface area contributed by atoms with Crippen molar-refractivity contribution in [3.8, 4) is 5.75 Å². The largest absolute Gasteiger partial charge is 0.508 e. The molecule has 0 bridgehead atoms. The highest BCUT2D eigenvalue weighted by molar-refractivity contribution is 7.99. The van der Waals surface area contributed by atoms with Gasteiger partial charge in [-0.1, -0.05) is 6.07 Å². The number of phenols is 1. The predicted octanol–water partition coefficient (Wildman–Crippen LogP) is 2.71. The van der Waals surface area contributed by atoms with E-state index in [4.69, 9.17) is 9.15 Å². The minimum atomic E-state index is -0.510. The van der Waals surface area contributed by atoms with E-state index in [0.29, 0.717) is 11.8 Å². The first kappa shape index (κ1) is 12.5. The molecule has 6 heteroatoms. The highest BCUT2D eigenvalue weighted by Crippen LogP contribution is 2.29. The highest BCUT2D eigenvalue weighted by Gasteiger charge is 2.13. The van der Waals surface area contributed by atoms with Crippen molar-refractivity contribution in [1.82, 2.24) is 4.98 Å². The smallest absolute Gasteiger partial charge is 0.360 e. The number of hydrogen-bond donors (Lipinski definition) is 1. The second-order valence-corrected chi connectivity index (χ2v) is 4.34. The zero-order valence-electron chi connectivity index (χ0n) is 9.62. The molecule has 0 saturated heterocycles. The van der Waals surface area contributed by atoms with Crippen LogP contribution in [0.2, 0.25) is 0 Å². The van der Waals surface area contributed by atoms with Crippen molar-refractivity contribution in [2.24, 2.45) is 0 Å². The zero-order chi connectivity index (χ0) is 13.0. The summed E-state index contributed by atoms with van der Waals surface area (Å²) in [5.74, 6) is -0.346. The first-order valence-corrected chi connectivity index (χ1v) is 6.10. The Morgan fingerprint density at radius 1 is 1.56 bits per heavy atom. The molecular weight excluding hydrogens is 254 g/mol. The molecule has 0 radical (unpaired) electrons. The molecular formula is C12H11NO4S. The second-order valence-electron chi connectivity index (χ2n) is 3.32. The lowest BCUT2D eigenvalue weighted by Gasteiger charge is -1.97. The molecule has 0 aliphatic rings. The summed E-state index contributed by atoms with van der Waals surface area (Å²) in [5, 5.41) is 9.64. The lowest BCUT2D eigenvalue weighted by Crippen LogP contribution is -2.04. The molecule has 18 heavy (non-hydrogen) atoms. The number of hydrogen-bond acceptors (Lipinski definition) is 6. The summed E-state index contributed by atoms with van der Waals surface area (Å²) in [6.45, 7) is 2.01. The van der Waals surface area contributed by atoms with Crippen LogP contribution in [-0.4, -0.2) is 22.7 Å². The molecule has 0 aliphatic heterocycles. The normalized spacial score (nSPS) is 10.3. The van der Waals surface area contributed by atoms with Crippen molar-refractivity contribution in [3.63, 3.8) is 0 Å². The molecule has 1 heterocycles. The van der Waals surface area contributed by atoms with Gasteiger partial charge in [0.25, 0.3) is 5.22 Å². The van der Waals surface area contributed by atoms with Crippen molar-refractivity contribution in [2.45, 2.75) is 17.0 Å². The van der Waals surface area contributed by atoms with E-state index in [9.17, 15) is 9.90 Å². The number of esters is 1. The molecule has 0 amide bonds. The fourth-order valence-corrected chi connectivity index (χ4v) is 2.02. The Balaban J connectivity index is 2.09. The Kier molecular flexibility index (Phi) is 3.88. The maximum absolute atomic E-state index is 11.4. The van der Waals surface area contributed by atoms with E-state index in [1.54, 1.807) is 31.2 Å². The van der Waals surface area contributed by atoms with E-state index in [-0.39, 0.29) is 11.4 Å². The lowest BCUT2D eigenvalue weighted by molar-refractivity contribution is 0.0519. The number of aromatic hydroxyl groups is 1. The monoisotopic (exact) mass is 265 g/mol. The van der Waals surface area contributed by atoms with Crippen LogP contribution in [0.4, 0.5) is 0 Å². The van der Waals surface area contributed by atoms with Crippen LogP contribution in [0, 0.1) is 0 Å². The zero-order valence-corrected chi connectivity index (χ0v) is 10.4. The fourth-order valence-electron chi connectivity index (χ4n) is 1.25. The van der Waals surface area contributed by atoms with Gasteiger partial charge in [-0.05, 0) is 36.9 Å². The van der Waals surface area contributed by atoms with Gasteiger partial charge in [-0.25, -0.2) is 4.79 Å². The Bertz CT molecular complexity index is 553. The van der Waals surface area contributed by atoms with Gasteiger partial charge in [0.05, 0.1) is 6.61 Å². The maximum Gasteiger partial charge on any atom is 0.360 e. The molecule has 2 rings (SSSR count). The molecule has 0 fully saturated rings. The number of nitrogens with zero attached hydrogens (tertiary/aromatic N) is 1. The number of aromatic nitrogens is 1. The van der Waals surface area contributed by atoms with Crippen LogP contribution < -0.4 is 0 Å². The van der Waals surface area contributed by atoms with Gasteiger partial charge in [0.1, 0.15) is 12.0 Å². The van der Waals surface area contributed by atoms with Crippen LogP contribution in [0.1, 0.15) is 17.4 Å². The quantitative estimate of drug-likeness (QED) is 0.857. The van der Waals surface area contributed by atoms with Crippen LogP contribution in [0.15, 0.2) is 45.1 Å². The van der Waals surface area contributed by atoms with Crippen LogP contribution in [0.5, 0.6) is 5.75 Å². The minimum absolute atomic E-state index is 0.138. The average Bonchev–Trinajstić information content (AvgIpc) is 2.78. The lowest BCUT2D eigenvalue weighted by atomic mass is 10.3. The standard InChI is InChI=1S/C12H11NO4S/c1-2-16-11(15)10-7-17-12(13-10)18-9-5-3-4-8(14)6-9/h3-7,14H,2H2,1H3. The SMILES string of the molecule is CCOC(=O)c1coc(Sc2cccc(O)c2)n1.